The molecule has 1 amide bonds. The van der Waals surface area contributed by atoms with E-state index in [1.54, 1.807) is 24.3 Å². The maximum atomic E-state index is 11.9. The van der Waals surface area contributed by atoms with E-state index in [4.69, 9.17) is 5.26 Å². The topological polar surface area (TPSA) is 56.1 Å². The molecule has 0 heterocycles. The van der Waals surface area contributed by atoms with Crippen LogP contribution in [0.2, 0.25) is 0 Å². The van der Waals surface area contributed by atoms with Crippen molar-refractivity contribution >= 4 is 11.6 Å². The van der Waals surface area contributed by atoms with Gasteiger partial charge in [-0.05, 0) is 63.0 Å². The zero-order valence-electron chi connectivity index (χ0n) is 12.6. The van der Waals surface area contributed by atoms with E-state index >= 15 is 0 Å². The van der Waals surface area contributed by atoms with Crippen LogP contribution < -0.4 is 5.32 Å². The molecule has 0 aromatic heterocycles. The summed E-state index contributed by atoms with van der Waals surface area (Å²) in [7, 11) is 0. The normalized spacial score (nSPS) is 14.0. The predicted octanol–water partition coefficient (Wildman–Crippen LogP) is 3.15. The first-order valence-electron chi connectivity index (χ1n) is 7.77. The second-order valence-electron chi connectivity index (χ2n) is 5.61. The first kappa shape index (κ1) is 15.5. The van der Waals surface area contributed by atoms with Crippen LogP contribution in [0.1, 0.15) is 44.6 Å². The number of nitrogens with zero attached hydrogens (tertiary/aromatic N) is 2. The Labute approximate surface area is 126 Å². The lowest BCUT2D eigenvalue weighted by Crippen LogP contribution is -2.28. The summed E-state index contributed by atoms with van der Waals surface area (Å²) in [6, 6.07) is 9.80. The van der Waals surface area contributed by atoms with Crippen LogP contribution in [0.25, 0.3) is 0 Å². The van der Waals surface area contributed by atoms with Crippen LogP contribution >= 0.6 is 0 Å². The molecule has 0 atom stereocenters. The maximum absolute atomic E-state index is 11.9. The van der Waals surface area contributed by atoms with Gasteiger partial charge in [0.1, 0.15) is 0 Å². The summed E-state index contributed by atoms with van der Waals surface area (Å²) in [5.41, 5.74) is 1.36. The average Bonchev–Trinajstić information content (AvgIpc) is 3.32. The summed E-state index contributed by atoms with van der Waals surface area (Å²) < 4.78 is 0. The third kappa shape index (κ3) is 5.20. The summed E-state index contributed by atoms with van der Waals surface area (Å²) in [5.74, 6) is 0.0481. The van der Waals surface area contributed by atoms with E-state index in [1.807, 2.05) is 0 Å². The highest BCUT2D eigenvalue weighted by atomic mass is 16.1. The van der Waals surface area contributed by atoms with Crippen molar-refractivity contribution in [2.75, 3.05) is 18.4 Å². The fraction of sp³-hybridized carbons (Fsp3) is 0.529. The van der Waals surface area contributed by atoms with Gasteiger partial charge < -0.3 is 10.2 Å². The van der Waals surface area contributed by atoms with Crippen molar-refractivity contribution in [1.29, 1.82) is 5.26 Å². The minimum absolute atomic E-state index is 0.0481. The average molecular weight is 285 g/mol. The third-order valence-electron chi connectivity index (χ3n) is 3.72. The molecule has 0 radical (unpaired) electrons. The van der Waals surface area contributed by atoms with Crippen molar-refractivity contribution in [2.24, 2.45) is 0 Å². The minimum Gasteiger partial charge on any atom is -0.326 e. The van der Waals surface area contributed by atoms with E-state index in [1.165, 1.54) is 19.3 Å². The second kappa shape index (κ2) is 7.80. The molecular weight excluding hydrogens is 262 g/mol. The number of rotatable bonds is 8. The van der Waals surface area contributed by atoms with Gasteiger partial charge in [-0.15, -0.1) is 0 Å². The molecule has 2 rings (SSSR count). The zero-order valence-corrected chi connectivity index (χ0v) is 12.6. The molecule has 1 aliphatic carbocycles. The number of benzene rings is 1. The second-order valence-corrected chi connectivity index (χ2v) is 5.61. The Morgan fingerprint density at radius 3 is 2.62 bits per heavy atom. The first-order chi connectivity index (χ1) is 10.2. The van der Waals surface area contributed by atoms with Crippen LogP contribution in [0.15, 0.2) is 24.3 Å². The van der Waals surface area contributed by atoms with Crippen molar-refractivity contribution < 1.29 is 4.79 Å². The molecule has 1 fully saturated rings. The monoisotopic (exact) mass is 285 g/mol. The number of nitrogens with one attached hydrogen (secondary N) is 1. The van der Waals surface area contributed by atoms with Crippen molar-refractivity contribution in [3.63, 3.8) is 0 Å². The Hall–Kier alpha value is -1.86. The van der Waals surface area contributed by atoms with E-state index in [-0.39, 0.29) is 5.91 Å². The number of carbonyl (C=O) groups is 1. The number of hydrogen-bond acceptors (Lipinski definition) is 3. The lowest BCUT2D eigenvalue weighted by Gasteiger charge is -2.20. The van der Waals surface area contributed by atoms with Gasteiger partial charge in [0.2, 0.25) is 5.91 Å². The summed E-state index contributed by atoms with van der Waals surface area (Å²) in [6.45, 7) is 4.36. The highest BCUT2D eigenvalue weighted by Gasteiger charge is 2.27. The molecule has 112 valence electrons. The minimum atomic E-state index is 0.0481. The van der Waals surface area contributed by atoms with Gasteiger partial charge in [-0.3, -0.25) is 4.79 Å². The number of nitriles is 1. The van der Waals surface area contributed by atoms with Crippen molar-refractivity contribution in [3.8, 4) is 6.07 Å². The van der Waals surface area contributed by atoms with Crippen molar-refractivity contribution in [1.82, 2.24) is 4.90 Å². The molecule has 1 aliphatic rings. The SMILES string of the molecule is CCCN(CCCC(=O)Nc1ccc(C#N)cc1)C1CC1. The van der Waals surface area contributed by atoms with E-state index < -0.39 is 0 Å². The molecular formula is C17H23N3O. The predicted molar refractivity (Wildman–Crippen MR) is 83.9 cm³/mol. The molecule has 4 nitrogen and oxygen atoms in total. The molecule has 0 spiro atoms. The van der Waals surface area contributed by atoms with Gasteiger partial charge in [-0.2, -0.15) is 5.26 Å². The number of hydrogen-bond donors (Lipinski definition) is 1. The Balaban J connectivity index is 1.70. The standard InChI is InChI=1S/C17H23N3O/c1-2-11-20(16-9-10-16)12-3-4-17(21)19-15-7-5-14(13-18)6-8-15/h5-8,16H,2-4,9-12H2,1H3,(H,19,21). The maximum Gasteiger partial charge on any atom is 0.224 e. The van der Waals surface area contributed by atoms with Gasteiger partial charge in [-0.1, -0.05) is 6.92 Å². The molecule has 21 heavy (non-hydrogen) atoms. The molecule has 1 aromatic rings. The van der Waals surface area contributed by atoms with E-state index in [0.29, 0.717) is 12.0 Å². The van der Waals surface area contributed by atoms with Crippen LogP contribution in [0.3, 0.4) is 0 Å². The van der Waals surface area contributed by atoms with Crippen LogP contribution in [0, 0.1) is 11.3 Å². The lowest BCUT2D eigenvalue weighted by atomic mass is 10.2. The Bertz CT molecular complexity index is 500. The fourth-order valence-electron chi connectivity index (χ4n) is 2.50. The van der Waals surface area contributed by atoms with Crippen molar-refractivity contribution in [3.05, 3.63) is 29.8 Å². The Kier molecular flexibility index (Phi) is 5.77. The van der Waals surface area contributed by atoms with Gasteiger partial charge in [0.05, 0.1) is 11.6 Å². The number of anilines is 1. The smallest absolute Gasteiger partial charge is 0.224 e. The van der Waals surface area contributed by atoms with Gasteiger partial charge in [0.25, 0.3) is 0 Å². The van der Waals surface area contributed by atoms with Gasteiger partial charge in [0.15, 0.2) is 0 Å². The molecule has 0 aliphatic heterocycles. The number of carbonyl (C=O) groups excluding carboxylic acids is 1. The van der Waals surface area contributed by atoms with Crippen LogP contribution in [-0.4, -0.2) is 29.9 Å². The van der Waals surface area contributed by atoms with E-state index in [9.17, 15) is 4.79 Å². The van der Waals surface area contributed by atoms with Crippen LogP contribution in [0.5, 0.6) is 0 Å². The van der Waals surface area contributed by atoms with Crippen molar-refractivity contribution in [2.45, 2.75) is 45.1 Å². The highest BCUT2D eigenvalue weighted by molar-refractivity contribution is 5.90. The molecule has 1 N–H and O–H groups in total. The van der Waals surface area contributed by atoms with E-state index in [2.05, 4.69) is 23.2 Å². The highest BCUT2D eigenvalue weighted by Crippen LogP contribution is 2.27. The third-order valence-corrected chi connectivity index (χ3v) is 3.72. The summed E-state index contributed by atoms with van der Waals surface area (Å²) >= 11 is 0. The largest absolute Gasteiger partial charge is 0.326 e. The molecule has 0 unspecified atom stereocenters. The molecule has 0 bridgehead atoms. The Morgan fingerprint density at radius 2 is 2.05 bits per heavy atom. The lowest BCUT2D eigenvalue weighted by molar-refractivity contribution is -0.116. The van der Waals surface area contributed by atoms with E-state index in [0.717, 1.165) is 31.2 Å². The first-order valence-corrected chi connectivity index (χ1v) is 7.77. The van der Waals surface area contributed by atoms with Crippen LogP contribution in [-0.2, 0) is 4.79 Å². The summed E-state index contributed by atoms with van der Waals surface area (Å²) in [5, 5.41) is 11.6. The summed E-state index contributed by atoms with van der Waals surface area (Å²) in [6.07, 6.45) is 5.26. The quantitative estimate of drug-likeness (QED) is 0.798. The van der Waals surface area contributed by atoms with Gasteiger partial charge in [-0.25, -0.2) is 0 Å². The van der Waals surface area contributed by atoms with Crippen LogP contribution in [0.4, 0.5) is 5.69 Å². The fourth-order valence-corrected chi connectivity index (χ4v) is 2.50. The molecule has 1 saturated carbocycles. The van der Waals surface area contributed by atoms with Gasteiger partial charge in [0, 0.05) is 18.2 Å². The summed E-state index contributed by atoms with van der Waals surface area (Å²) in [4.78, 5) is 14.4. The zero-order chi connectivity index (χ0) is 15.1. The number of amides is 1. The van der Waals surface area contributed by atoms with Gasteiger partial charge >= 0.3 is 0 Å². The molecule has 1 aromatic carbocycles. The Morgan fingerprint density at radius 1 is 1.33 bits per heavy atom. The molecule has 4 heteroatoms. The molecule has 0 saturated heterocycles.